The second kappa shape index (κ2) is 2.91. The number of hydrogen-bond donors (Lipinski definition) is 1. The van der Waals surface area contributed by atoms with E-state index >= 15 is 0 Å². The van der Waals surface area contributed by atoms with E-state index in [0.29, 0.717) is 0 Å². The van der Waals surface area contributed by atoms with Gasteiger partial charge in [-0.15, -0.1) is 0 Å². The highest BCUT2D eigenvalue weighted by molar-refractivity contribution is 5.37. The average molecular weight is 159 g/mol. The van der Waals surface area contributed by atoms with E-state index in [1.165, 1.54) is 0 Å². The van der Waals surface area contributed by atoms with Crippen LogP contribution in [-0.4, -0.2) is 11.3 Å². The molecule has 1 aliphatic rings. The standard InChI is InChI=1S/C10H9NO/c12-10-7-3-5-8-4-1-2-6-9(8)11-10/h1-7,10,12H. The molecule has 1 unspecified atom stereocenters. The Balaban J connectivity index is 2.75. The molecule has 2 rings (SSSR count). The first-order chi connectivity index (χ1) is 5.86. The van der Waals surface area contributed by atoms with Crippen LogP contribution in [0.4, 0.5) is 0 Å². The molecular weight excluding hydrogens is 150 g/mol. The van der Waals surface area contributed by atoms with E-state index in [1.54, 1.807) is 6.08 Å². The zero-order valence-corrected chi connectivity index (χ0v) is 6.51. The molecule has 0 spiro atoms. The number of benzene rings is 1. The van der Waals surface area contributed by atoms with E-state index in [4.69, 9.17) is 0 Å². The van der Waals surface area contributed by atoms with Crippen LogP contribution >= 0.6 is 0 Å². The van der Waals surface area contributed by atoms with Gasteiger partial charge >= 0.3 is 0 Å². The number of nitrogens with zero attached hydrogens (tertiary/aromatic N) is 1. The predicted molar refractivity (Wildman–Crippen MR) is 46.8 cm³/mol. The Kier molecular flexibility index (Phi) is 1.76. The molecule has 1 aromatic carbocycles. The Morgan fingerprint density at radius 1 is 1.25 bits per heavy atom. The lowest BCUT2D eigenvalue weighted by Crippen LogP contribution is -2.24. The van der Waals surface area contributed by atoms with Gasteiger partial charge in [0.25, 0.3) is 0 Å². The number of fused-ring (bicyclic) bond motifs is 1. The highest BCUT2D eigenvalue weighted by Crippen LogP contribution is 1.89. The number of aliphatic hydroxyl groups excluding tert-OH is 1. The maximum absolute atomic E-state index is 9.26. The summed E-state index contributed by atoms with van der Waals surface area (Å²) in [5.74, 6) is 0. The van der Waals surface area contributed by atoms with Gasteiger partial charge in [-0.2, -0.15) is 0 Å². The summed E-state index contributed by atoms with van der Waals surface area (Å²) in [5.41, 5.74) is 0. The molecule has 0 amide bonds. The van der Waals surface area contributed by atoms with Crippen LogP contribution in [0.5, 0.6) is 0 Å². The van der Waals surface area contributed by atoms with E-state index in [2.05, 4.69) is 4.99 Å². The Morgan fingerprint density at radius 2 is 2.08 bits per heavy atom. The SMILES string of the molecule is OC1C=CC=c2ccccc2=N1. The molecule has 1 aromatic rings. The summed E-state index contributed by atoms with van der Waals surface area (Å²) < 4.78 is 0. The van der Waals surface area contributed by atoms with Gasteiger partial charge in [-0.1, -0.05) is 30.4 Å². The van der Waals surface area contributed by atoms with E-state index in [1.807, 2.05) is 36.4 Å². The van der Waals surface area contributed by atoms with E-state index in [-0.39, 0.29) is 0 Å². The van der Waals surface area contributed by atoms with E-state index in [0.717, 1.165) is 10.6 Å². The van der Waals surface area contributed by atoms with Crippen LogP contribution in [0.2, 0.25) is 0 Å². The summed E-state index contributed by atoms with van der Waals surface area (Å²) in [6.45, 7) is 0. The molecule has 2 nitrogen and oxygen atoms in total. The van der Waals surface area contributed by atoms with Crippen LogP contribution in [0.1, 0.15) is 0 Å². The van der Waals surface area contributed by atoms with Crippen LogP contribution < -0.4 is 10.6 Å². The topological polar surface area (TPSA) is 32.6 Å². The van der Waals surface area contributed by atoms with Crippen LogP contribution in [0, 0.1) is 0 Å². The molecule has 0 saturated heterocycles. The Hall–Kier alpha value is -1.41. The first-order valence-corrected chi connectivity index (χ1v) is 3.86. The fraction of sp³-hybridized carbons (Fsp3) is 0.100. The van der Waals surface area contributed by atoms with Crippen molar-refractivity contribution in [1.29, 1.82) is 0 Å². The third kappa shape index (κ3) is 1.29. The van der Waals surface area contributed by atoms with Gasteiger partial charge < -0.3 is 5.11 Å². The van der Waals surface area contributed by atoms with Crippen LogP contribution in [-0.2, 0) is 0 Å². The molecule has 0 bridgehead atoms. The fourth-order valence-corrected chi connectivity index (χ4v) is 1.19. The summed E-state index contributed by atoms with van der Waals surface area (Å²) in [7, 11) is 0. The molecule has 60 valence electrons. The summed E-state index contributed by atoms with van der Waals surface area (Å²) in [6, 6.07) is 7.73. The lowest BCUT2D eigenvalue weighted by Gasteiger charge is -1.93. The van der Waals surface area contributed by atoms with Gasteiger partial charge in [0.05, 0.1) is 5.36 Å². The molecule has 0 fully saturated rings. The smallest absolute Gasteiger partial charge is 0.165 e. The highest BCUT2D eigenvalue weighted by atomic mass is 16.3. The molecular formula is C10H9NO. The molecule has 1 aliphatic heterocycles. The van der Waals surface area contributed by atoms with Gasteiger partial charge in [0.1, 0.15) is 0 Å². The van der Waals surface area contributed by atoms with Crippen molar-refractivity contribution in [3.63, 3.8) is 0 Å². The van der Waals surface area contributed by atoms with Crippen molar-refractivity contribution in [2.75, 3.05) is 0 Å². The zero-order valence-electron chi connectivity index (χ0n) is 6.51. The number of hydrogen-bond acceptors (Lipinski definition) is 2. The maximum Gasteiger partial charge on any atom is 0.165 e. The van der Waals surface area contributed by atoms with Gasteiger partial charge in [-0.05, 0) is 17.4 Å². The number of para-hydroxylation sites is 1. The van der Waals surface area contributed by atoms with Crippen molar-refractivity contribution in [2.45, 2.75) is 6.23 Å². The van der Waals surface area contributed by atoms with Crippen molar-refractivity contribution in [2.24, 2.45) is 4.99 Å². The minimum Gasteiger partial charge on any atom is -0.368 e. The Bertz CT molecular complexity index is 420. The highest BCUT2D eigenvalue weighted by Gasteiger charge is 1.95. The third-order valence-electron chi connectivity index (χ3n) is 1.77. The normalized spacial score (nSPS) is 20.2. The van der Waals surface area contributed by atoms with E-state index in [9.17, 15) is 5.11 Å². The van der Waals surface area contributed by atoms with Crippen molar-refractivity contribution < 1.29 is 5.11 Å². The summed E-state index contributed by atoms with van der Waals surface area (Å²) >= 11 is 0. The van der Waals surface area contributed by atoms with E-state index < -0.39 is 6.23 Å². The maximum atomic E-state index is 9.26. The number of aliphatic hydroxyl groups is 1. The monoisotopic (exact) mass is 159 g/mol. The summed E-state index contributed by atoms with van der Waals surface area (Å²) in [5, 5.41) is 11.2. The zero-order chi connectivity index (χ0) is 8.39. The number of allylic oxidation sites excluding steroid dienone is 1. The minimum atomic E-state index is -0.704. The first kappa shape index (κ1) is 7.25. The molecule has 0 aromatic heterocycles. The summed E-state index contributed by atoms with van der Waals surface area (Å²) in [6.07, 6.45) is 4.71. The van der Waals surface area contributed by atoms with Crippen LogP contribution in [0.3, 0.4) is 0 Å². The van der Waals surface area contributed by atoms with Crippen molar-refractivity contribution >= 4 is 6.08 Å². The molecule has 0 aliphatic carbocycles. The second-order valence-electron chi connectivity index (χ2n) is 2.65. The minimum absolute atomic E-state index is 0.704. The molecule has 1 heterocycles. The lowest BCUT2D eigenvalue weighted by atomic mass is 10.3. The molecule has 0 saturated carbocycles. The summed E-state index contributed by atoms with van der Waals surface area (Å²) in [4.78, 5) is 4.08. The van der Waals surface area contributed by atoms with Gasteiger partial charge in [0.15, 0.2) is 6.23 Å². The average Bonchev–Trinajstić information content (AvgIpc) is 2.25. The van der Waals surface area contributed by atoms with Gasteiger partial charge in [0.2, 0.25) is 0 Å². The molecule has 2 heteroatoms. The van der Waals surface area contributed by atoms with Gasteiger partial charge in [0, 0.05) is 0 Å². The molecule has 1 N–H and O–H groups in total. The lowest BCUT2D eigenvalue weighted by molar-refractivity contribution is 0.229. The Morgan fingerprint density at radius 3 is 3.00 bits per heavy atom. The molecule has 1 atom stereocenters. The first-order valence-electron chi connectivity index (χ1n) is 3.86. The van der Waals surface area contributed by atoms with Gasteiger partial charge in [-0.25, -0.2) is 4.99 Å². The Labute approximate surface area is 70.2 Å². The van der Waals surface area contributed by atoms with Crippen molar-refractivity contribution in [3.05, 3.63) is 47.0 Å². The van der Waals surface area contributed by atoms with Crippen LogP contribution in [0.15, 0.2) is 41.4 Å². The molecule has 0 radical (unpaired) electrons. The second-order valence-corrected chi connectivity index (χ2v) is 2.65. The van der Waals surface area contributed by atoms with Crippen molar-refractivity contribution in [3.8, 4) is 0 Å². The van der Waals surface area contributed by atoms with Crippen LogP contribution in [0.25, 0.3) is 6.08 Å². The molecule has 12 heavy (non-hydrogen) atoms. The number of rotatable bonds is 0. The fourth-order valence-electron chi connectivity index (χ4n) is 1.19. The quantitative estimate of drug-likeness (QED) is 0.566. The van der Waals surface area contributed by atoms with Gasteiger partial charge in [-0.3, -0.25) is 0 Å². The predicted octanol–water partition coefficient (Wildman–Crippen LogP) is -0.0251. The van der Waals surface area contributed by atoms with Crippen molar-refractivity contribution in [1.82, 2.24) is 0 Å². The largest absolute Gasteiger partial charge is 0.368 e. The third-order valence-corrected chi connectivity index (χ3v) is 1.77.